The SMILES string of the molecule is Cc1cc(C)c2cc1C(=O)NCCCN(CCN1CCOCC1)C(=O)CCSc1cc-2nc(N)n1. The number of anilines is 1. The summed E-state index contributed by atoms with van der Waals surface area (Å²) >= 11 is 1.50. The van der Waals surface area contributed by atoms with Gasteiger partial charge in [-0.25, -0.2) is 9.97 Å². The normalized spacial score (nSPS) is 18.4. The number of morpholine rings is 1. The fraction of sp³-hybridized carbons (Fsp3) is 0.520. The van der Waals surface area contributed by atoms with Crippen molar-refractivity contribution in [3.05, 3.63) is 34.9 Å². The molecular formula is C25H34N6O3S. The number of benzene rings is 1. The monoisotopic (exact) mass is 498 g/mol. The maximum atomic E-state index is 13.1. The Kier molecular flexibility index (Phi) is 8.59. The van der Waals surface area contributed by atoms with Gasteiger partial charge in [-0.1, -0.05) is 6.07 Å². The number of nitrogens with zero attached hydrogens (tertiary/aromatic N) is 4. The van der Waals surface area contributed by atoms with Crippen molar-refractivity contribution in [2.24, 2.45) is 0 Å². The highest BCUT2D eigenvalue weighted by atomic mass is 32.2. The first-order valence-corrected chi connectivity index (χ1v) is 13.1. The van der Waals surface area contributed by atoms with Crippen LogP contribution in [-0.4, -0.2) is 89.8 Å². The standard InChI is InChI=1S/C25H34N6O3S/c1-17-14-18(2)20-15-19(17)21-16-22(29-25(26)28-21)35-13-4-23(32)31(6-3-5-27-24(20)33)8-7-30-9-11-34-12-10-30/h14-16H,3-13H2,1-2H3,(H,27,33)(H2,26,28,29). The molecule has 1 fully saturated rings. The molecule has 10 heteroatoms. The number of fused-ring (bicyclic) bond motifs is 5. The third-order valence-corrected chi connectivity index (χ3v) is 7.32. The first kappa shape index (κ1) is 25.4. The minimum atomic E-state index is -0.126. The molecule has 0 atom stereocenters. The Labute approximate surface area is 210 Å². The molecule has 0 aliphatic carbocycles. The molecule has 0 radical (unpaired) electrons. The average Bonchev–Trinajstić information content (AvgIpc) is 2.83. The second-order valence-corrected chi connectivity index (χ2v) is 10.1. The number of rotatable bonds is 3. The Morgan fingerprint density at radius 1 is 1.03 bits per heavy atom. The van der Waals surface area contributed by atoms with Gasteiger partial charge in [0.2, 0.25) is 11.9 Å². The summed E-state index contributed by atoms with van der Waals surface area (Å²) in [4.78, 5) is 39.1. The molecule has 9 nitrogen and oxygen atoms in total. The van der Waals surface area contributed by atoms with Gasteiger partial charge in [-0.05, 0) is 43.5 Å². The van der Waals surface area contributed by atoms with E-state index in [1.54, 1.807) is 0 Å². The Morgan fingerprint density at radius 2 is 1.80 bits per heavy atom. The van der Waals surface area contributed by atoms with Gasteiger partial charge in [0.25, 0.3) is 5.91 Å². The van der Waals surface area contributed by atoms with Gasteiger partial charge < -0.3 is 20.7 Å². The smallest absolute Gasteiger partial charge is 0.251 e. The number of nitrogens with two attached hydrogens (primary N) is 1. The highest BCUT2D eigenvalue weighted by Crippen LogP contribution is 2.29. The first-order valence-electron chi connectivity index (χ1n) is 12.2. The van der Waals surface area contributed by atoms with Crippen LogP contribution in [0, 0.1) is 13.8 Å². The molecule has 1 aromatic heterocycles. The lowest BCUT2D eigenvalue weighted by atomic mass is 9.97. The van der Waals surface area contributed by atoms with Crippen molar-refractivity contribution in [1.82, 2.24) is 25.1 Å². The van der Waals surface area contributed by atoms with Crippen molar-refractivity contribution >= 4 is 29.5 Å². The minimum Gasteiger partial charge on any atom is -0.379 e. The second-order valence-electron chi connectivity index (χ2n) is 8.97. The number of hydrogen-bond donors (Lipinski definition) is 2. The van der Waals surface area contributed by atoms with Gasteiger partial charge in [-0.15, -0.1) is 11.8 Å². The van der Waals surface area contributed by atoms with Crippen molar-refractivity contribution in [2.45, 2.75) is 31.7 Å². The molecule has 188 valence electrons. The molecule has 0 unspecified atom stereocenters. The van der Waals surface area contributed by atoms with E-state index in [1.165, 1.54) is 11.8 Å². The van der Waals surface area contributed by atoms with E-state index in [9.17, 15) is 9.59 Å². The Morgan fingerprint density at radius 3 is 2.60 bits per heavy atom. The van der Waals surface area contributed by atoms with Crippen molar-refractivity contribution in [1.29, 1.82) is 0 Å². The number of hydrogen-bond acceptors (Lipinski definition) is 8. The van der Waals surface area contributed by atoms with Gasteiger partial charge >= 0.3 is 0 Å². The Hall–Kier alpha value is -2.69. The van der Waals surface area contributed by atoms with Crippen LogP contribution in [0.1, 0.15) is 34.3 Å². The van der Waals surface area contributed by atoms with Crippen molar-refractivity contribution in [3.8, 4) is 11.3 Å². The molecule has 1 aromatic carbocycles. The number of amides is 2. The summed E-state index contributed by atoms with van der Waals surface area (Å²) in [5.41, 5.74) is 10.1. The zero-order valence-electron chi connectivity index (χ0n) is 20.5. The van der Waals surface area contributed by atoms with Gasteiger partial charge in [0.15, 0.2) is 0 Å². The number of thioether (sulfide) groups is 1. The average molecular weight is 499 g/mol. The largest absolute Gasteiger partial charge is 0.379 e. The third-order valence-electron chi connectivity index (χ3n) is 6.41. The van der Waals surface area contributed by atoms with E-state index < -0.39 is 0 Å². The summed E-state index contributed by atoms with van der Waals surface area (Å²) in [5, 5.41) is 3.75. The van der Waals surface area contributed by atoms with Crippen molar-refractivity contribution < 1.29 is 14.3 Å². The predicted octanol–water partition coefficient (Wildman–Crippen LogP) is 2.12. The number of carbonyl (C=O) groups is 2. The van der Waals surface area contributed by atoms with Crippen LogP contribution in [0.15, 0.2) is 23.2 Å². The van der Waals surface area contributed by atoms with E-state index in [2.05, 4.69) is 20.2 Å². The Bertz CT molecular complexity index is 1070. The summed E-state index contributed by atoms with van der Waals surface area (Å²) in [7, 11) is 0. The van der Waals surface area contributed by atoms with Gasteiger partial charge in [0.05, 0.1) is 18.9 Å². The second kappa shape index (κ2) is 11.8. The summed E-state index contributed by atoms with van der Waals surface area (Å²) < 4.78 is 5.43. The number of carbonyl (C=O) groups excluding carboxylic acids is 2. The third kappa shape index (κ3) is 6.71. The van der Waals surface area contributed by atoms with Crippen LogP contribution in [0.3, 0.4) is 0 Å². The first-order chi connectivity index (χ1) is 16.9. The van der Waals surface area contributed by atoms with Crippen molar-refractivity contribution in [3.63, 3.8) is 0 Å². The molecule has 3 N–H and O–H groups in total. The van der Waals surface area contributed by atoms with Crippen LogP contribution >= 0.6 is 11.8 Å². The predicted molar refractivity (Wildman–Crippen MR) is 137 cm³/mol. The zero-order chi connectivity index (χ0) is 24.8. The van der Waals surface area contributed by atoms with Gasteiger partial charge in [-0.2, -0.15) is 0 Å². The van der Waals surface area contributed by atoms with Crippen LogP contribution in [-0.2, 0) is 9.53 Å². The van der Waals surface area contributed by atoms with E-state index in [4.69, 9.17) is 10.5 Å². The molecule has 35 heavy (non-hydrogen) atoms. The van der Waals surface area contributed by atoms with E-state index >= 15 is 0 Å². The minimum absolute atomic E-state index is 0.114. The molecule has 0 spiro atoms. The lowest BCUT2D eigenvalue weighted by molar-refractivity contribution is -0.131. The fourth-order valence-electron chi connectivity index (χ4n) is 4.44. The van der Waals surface area contributed by atoms with Gasteiger partial charge in [0, 0.05) is 62.6 Å². The lowest BCUT2D eigenvalue weighted by Gasteiger charge is -2.30. The lowest BCUT2D eigenvalue weighted by Crippen LogP contribution is -2.43. The maximum Gasteiger partial charge on any atom is 0.251 e. The van der Waals surface area contributed by atoms with Gasteiger partial charge in [0.1, 0.15) is 5.03 Å². The van der Waals surface area contributed by atoms with Crippen LogP contribution in [0.5, 0.6) is 0 Å². The molecule has 2 aliphatic heterocycles. The molecule has 4 rings (SSSR count). The molecule has 2 aromatic rings. The highest BCUT2D eigenvalue weighted by Gasteiger charge is 2.19. The fourth-order valence-corrected chi connectivity index (χ4v) is 5.28. The molecule has 0 saturated carbocycles. The molecule has 1 saturated heterocycles. The van der Waals surface area contributed by atoms with Crippen LogP contribution in [0.25, 0.3) is 11.3 Å². The summed E-state index contributed by atoms with van der Waals surface area (Å²) in [6, 6.07) is 5.78. The number of aryl methyl sites for hydroxylation is 2. The number of nitrogens with one attached hydrogen (secondary N) is 1. The molecule has 3 heterocycles. The Balaban J connectivity index is 1.55. The number of nitrogen functional groups attached to an aromatic ring is 1. The maximum absolute atomic E-state index is 13.1. The molecule has 4 bridgehead atoms. The van der Waals surface area contributed by atoms with E-state index in [1.807, 2.05) is 36.9 Å². The molecule has 2 aliphatic rings. The topological polar surface area (TPSA) is 114 Å². The number of aromatic nitrogens is 2. The molecule has 2 amide bonds. The molecular weight excluding hydrogens is 464 g/mol. The zero-order valence-corrected chi connectivity index (χ0v) is 21.3. The van der Waals surface area contributed by atoms with E-state index in [0.717, 1.165) is 54.6 Å². The van der Waals surface area contributed by atoms with E-state index in [-0.39, 0.29) is 17.8 Å². The van der Waals surface area contributed by atoms with Crippen molar-refractivity contribution in [2.75, 3.05) is 64.0 Å². The van der Waals surface area contributed by atoms with E-state index in [0.29, 0.717) is 49.5 Å². The quantitative estimate of drug-likeness (QED) is 0.619. The van der Waals surface area contributed by atoms with Crippen LogP contribution < -0.4 is 11.1 Å². The van der Waals surface area contributed by atoms with Crippen LogP contribution in [0.2, 0.25) is 0 Å². The number of ether oxygens (including phenoxy) is 1. The summed E-state index contributed by atoms with van der Waals surface area (Å²) in [6.45, 7) is 9.80. The summed E-state index contributed by atoms with van der Waals surface area (Å²) in [6.07, 6.45) is 1.11. The van der Waals surface area contributed by atoms with Gasteiger partial charge in [-0.3, -0.25) is 14.5 Å². The van der Waals surface area contributed by atoms with Crippen LogP contribution in [0.4, 0.5) is 5.95 Å². The highest BCUT2D eigenvalue weighted by molar-refractivity contribution is 7.99. The summed E-state index contributed by atoms with van der Waals surface area (Å²) in [5.74, 6) is 0.773.